The fourth-order valence-corrected chi connectivity index (χ4v) is 2.20. The zero-order chi connectivity index (χ0) is 11.7. The first-order valence-corrected chi connectivity index (χ1v) is 9.44. The summed E-state index contributed by atoms with van der Waals surface area (Å²) < 4.78 is 5.02. The van der Waals surface area contributed by atoms with Gasteiger partial charge in [-0.2, -0.15) is 0 Å². The van der Waals surface area contributed by atoms with Crippen LogP contribution in [0, 0.1) is 5.92 Å². The standard InChI is InChI=1S/C10H23O2PS2/c1-10(2)8-6-4-3-5-7-9-12-13(11,14)15/h10H,3-9H2,1-2H3,(H2,11,14,15). The average molecular weight is 270 g/mol. The summed E-state index contributed by atoms with van der Waals surface area (Å²) in [6, 6.07) is 0. The molecule has 1 unspecified atom stereocenters. The molecular formula is C10H23O2PS2. The van der Waals surface area contributed by atoms with E-state index < -0.39 is 5.69 Å². The van der Waals surface area contributed by atoms with E-state index in [0.717, 1.165) is 18.8 Å². The summed E-state index contributed by atoms with van der Waals surface area (Å²) in [5.41, 5.74) is -2.71. The largest absolute Gasteiger partial charge is 0.338 e. The number of unbranched alkanes of at least 4 members (excludes halogenated alkanes) is 4. The second-order valence-electron chi connectivity index (χ2n) is 4.27. The van der Waals surface area contributed by atoms with Gasteiger partial charge in [0.15, 0.2) is 0 Å². The van der Waals surface area contributed by atoms with Gasteiger partial charge in [-0.1, -0.05) is 58.2 Å². The summed E-state index contributed by atoms with van der Waals surface area (Å²) in [5, 5.41) is 0. The van der Waals surface area contributed by atoms with E-state index in [1.807, 2.05) is 0 Å². The highest BCUT2D eigenvalue weighted by atomic mass is 32.9. The van der Waals surface area contributed by atoms with Crippen molar-refractivity contribution in [2.45, 2.75) is 52.4 Å². The molecule has 0 amide bonds. The molecular weight excluding hydrogens is 247 g/mol. The van der Waals surface area contributed by atoms with E-state index in [0.29, 0.717) is 6.61 Å². The van der Waals surface area contributed by atoms with Crippen LogP contribution in [0.1, 0.15) is 52.4 Å². The van der Waals surface area contributed by atoms with Crippen molar-refractivity contribution in [1.29, 1.82) is 0 Å². The lowest BCUT2D eigenvalue weighted by Gasteiger charge is -2.08. The van der Waals surface area contributed by atoms with Gasteiger partial charge in [0, 0.05) is 0 Å². The number of rotatable bonds is 9. The lowest BCUT2D eigenvalue weighted by atomic mass is 10.0. The molecule has 0 heterocycles. The molecule has 0 radical (unpaired) electrons. The van der Waals surface area contributed by atoms with Crippen LogP contribution in [-0.2, 0) is 16.3 Å². The minimum atomic E-state index is -2.71. The lowest BCUT2D eigenvalue weighted by molar-refractivity contribution is 0.307. The van der Waals surface area contributed by atoms with E-state index >= 15 is 0 Å². The van der Waals surface area contributed by atoms with Crippen LogP contribution in [0.25, 0.3) is 0 Å². The minimum Gasteiger partial charge on any atom is -0.338 e. The van der Waals surface area contributed by atoms with Crippen LogP contribution in [0.3, 0.4) is 0 Å². The first kappa shape index (κ1) is 15.9. The van der Waals surface area contributed by atoms with E-state index in [1.165, 1.54) is 25.7 Å². The van der Waals surface area contributed by atoms with Crippen LogP contribution in [0.4, 0.5) is 0 Å². The molecule has 0 spiro atoms. The minimum absolute atomic E-state index is 0.543. The Morgan fingerprint density at radius 2 is 1.73 bits per heavy atom. The Morgan fingerprint density at radius 3 is 2.27 bits per heavy atom. The molecule has 0 aliphatic heterocycles. The first-order valence-electron chi connectivity index (χ1n) is 5.62. The predicted octanol–water partition coefficient (Wildman–Crippen LogP) is 4.15. The van der Waals surface area contributed by atoms with E-state index in [4.69, 9.17) is 9.42 Å². The van der Waals surface area contributed by atoms with Gasteiger partial charge in [0.2, 0.25) is 5.69 Å². The van der Waals surface area contributed by atoms with Crippen LogP contribution in [0.2, 0.25) is 0 Å². The van der Waals surface area contributed by atoms with Crippen molar-refractivity contribution in [3.8, 4) is 0 Å². The molecule has 0 aromatic heterocycles. The Hall–Kier alpha value is 0.920. The summed E-state index contributed by atoms with van der Waals surface area (Å²) in [5.74, 6) is 0.817. The molecule has 2 nitrogen and oxygen atoms in total. The normalized spacial score (nSPS) is 15.5. The second kappa shape index (κ2) is 9.00. The lowest BCUT2D eigenvalue weighted by Crippen LogP contribution is -1.90. The van der Waals surface area contributed by atoms with Crippen LogP contribution in [0.5, 0.6) is 0 Å². The molecule has 1 atom stereocenters. The maximum Gasteiger partial charge on any atom is 0.241 e. The Kier molecular flexibility index (Phi) is 9.55. The third-order valence-electron chi connectivity index (χ3n) is 2.19. The molecule has 0 rings (SSSR count). The SMILES string of the molecule is CC(C)CCCCCCCOP(O)(=S)S. The Balaban J connectivity index is 3.09. The van der Waals surface area contributed by atoms with E-state index in [-0.39, 0.29) is 0 Å². The predicted molar refractivity (Wildman–Crippen MR) is 74.0 cm³/mol. The van der Waals surface area contributed by atoms with Gasteiger partial charge < -0.3 is 9.42 Å². The van der Waals surface area contributed by atoms with Crippen molar-refractivity contribution in [2.24, 2.45) is 5.92 Å². The fourth-order valence-electron chi connectivity index (χ4n) is 1.37. The topological polar surface area (TPSA) is 29.5 Å². The maximum atomic E-state index is 9.09. The molecule has 0 aromatic carbocycles. The van der Waals surface area contributed by atoms with Crippen molar-refractivity contribution >= 4 is 29.7 Å². The quantitative estimate of drug-likeness (QED) is 0.375. The highest BCUT2D eigenvalue weighted by Gasteiger charge is 2.04. The van der Waals surface area contributed by atoms with Gasteiger partial charge in [0.05, 0.1) is 6.61 Å². The van der Waals surface area contributed by atoms with Crippen LogP contribution in [0.15, 0.2) is 0 Å². The zero-order valence-corrected chi connectivity index (χ0v) is 12.3. The van der Waals surface area contributed by atoms with Crippen molar-refractivity contribution < 1.29 is 9.42 Å². The summed E-state index contributed by atoms with van der Waals surface area (Å²) in [6.45, 7) is 5.06. The van der Waals surface area contributed by atoms with Gasteiger partial charge >= 0.3 is 0 Å². The van der Waals surface area contributed by atoms with Crippen LogP contribution < -0.4 is 0 Å². The van der Waals surface area contributed by atoms with Gasteiger partial charge in [-0.05, 0) is 24.1 Å². The van der Waals surface area contributed by atoms with Crippen molar-refractivity contribution in [3.63, 3.8) is 0 Å². The van der Waals surface area contributed by atoms with Gasteiger partial charge in [-0.15, -0.1) is 0 Å². The highest BCUT2D eigenvalue weighted by molar-refractivity contribution is 8.59. The average Bonchev–Trinajstić information content (AvgIpc) is 2.07. The van der Waals surface area contributed by atoms with E-state index in [1.54, 1.807) is 0 Å². The Morgan fingerprint density at radius 1 is 1.20 bits per heavy atom. The number of hydrogen-bond acceptors (Lipinski definition) is 2. The summed E-state index contributed by atoms with van der Waals surface area (Å²) in [7, 11) is 0. The maximum absolute atomic E-state index is 9.09. The Labute approximate surface area is 104 Å². The zero-order valence-electron chi connectivity index (χ0n) is 9.69. The van der Waals surface area contributed by atoms with Gasteiger partial charge in [-0.3, -0.25) is 0 Å². The van der Waals surface area contributed by atoms with E-state index in [2.05, 4.69) is 37.9 Å². The Bertz CT molecular complexity index is 192. The van der Waals surface area contributed by atoms with Crippen molar-refractivity contribution in [3.05, 3.63) is 0 Å². The molecule has 0 aliphatic rings. The third kappa shape index (κ3) is 14.9. The smallest absolute Gasteiger partial charge is 0.241 e. The molecule has 5 heteroatoms. The molecule has 92 valence electrons. The summed E-state index contributed by atoms with van der Waals surface area (Å²) in [6.07, 6.45) is 7.32. The van der Waals surface area contributed by atoms with Crippen molar-refractivity contribution in [1.82, 2.24) is 0 Å². The molecule has 1 N–H and O–H groups in total. The summed E-state index contributed by atoms with van der Waals surface area (Å²) in [4.78, 5) is 9.09. The van der Waals surface area contributed by atoms with Crippen molar-refractivity contribution in [2.75, 3.05) is 6.61 Å². The monoisotopic (exact) mass is 270 g/mol. The highest BCUT2D eigenvalue weighted by Crippen LogP contribution is 2.47. The molecule has 0 bridgehead atoms. The van der Waals surface area contributed by atoms with Gasteiger partial charge in [0.25, 0.3) is 0 Å². The third-order valence-corrected chi connectivity index (χ3v) is 3.37. The molecule has 0 aromatic rings. The second-order valence-corrected chi connectivity index (χ2v) is 9.44. The molecule has 0 fully saturated rings. The van der Waals surface area contributed by atoms with Gasteiger partial charge in [-0.25, -0.2) is 0 Å². The van der Waals surface area contributed by atoms with Crippen LogP contribution >= 0.6 is 17.9 Å². The van der Waals surface area contributed by atoms with E-state index in [9.17, 15) is 0 Å². The molecule has 0 aliphatic carbocycles. The first-order chi connectivity index (χ1) is 6.92. The summed E-state index contributed by atoms with van der Waals surface area (Å²) >= 11 is 8.44. The van der Waals surface area contributed by atoms with Crippen LogP contribution in [-0.4, -0.2) is 11.5 Å². The van der Waals surface area contributed by atoms with Gasteiger partial charge in [0.1, 0.15) is 0 Å². The number of hydrogen-bond donors (Lipinski definition) is 2. The molecule has 0 saturated heterocycles. The fraction of sp³-hybridized carbons (Fsp3) is 1.00. The molecule has 15 heavy (non-hydrogen) atoms. The molecule has 0 saturated carbocycles. The number of thiol groups is 1.